The maximum atomic E-state index is 12.7. The minimum Gasteiger partial charge on any atom is -0.469 e. The summed E-state index contributed by atoms with van der Waals surface area (Å²) in [6.45, 7) is 1.87. The molecule has 0 saturated heterocycles. The fraction of sp³-hybridized carbons (Fsp3) is 0.417. The van der Waals surface area contributed by atoms with E-state index in [1.165, 1.54) is 19.2 Å². The highest BCUT2D eigenvalue weighted by atomic mass is 19.1. The molecule has 0 aliphatic rings. The van der Waals surface area contributed by atoms with E-state index < -0.39 is 12.0 Å². The Hall–Kier alpha value is -1.42. The summed E-state index contributed by atoms with van der Waals surface area (Å²) in [4.78, 5) is 11.4. The van der Waals surface area contributed by atoms with E-state index in [1.54, 1.807) is 12.1 Å². The number of esters is 1. The number of methoxy groups -OCH3 is 1. The molecule has 1 aromatic carbocycles. The number of hydrogen-bond acceptors (Lipinski definition) is 3. The molecule has 16 heavy (non-hydrogen) atoms. The number of carbonyl (C=O) groups is 1. The second kappa shape index (κ2) is 5.61. The van der Waals surface area contributed by atoms with Crippen LogP contribution in [0.25, 0.3) is 0 Å². The van der Waals surface area contributed by atoms with Crippen molar-refractivity contribution in [3.63, 3.8) is 0 Å². The van der Waals surface area contributed by atoms with Gasteiger partial charge in [-0.05, 0) is 24.1 Å². The Morgan fingerprint density at radius 2 is 2.00 bits per heavy atom. The van der Waals surface area contributed by atoms with E-state index in [0.717, 1.165) is 5.56 Å². The van der Waals surface area contributed by atoms with Crippen molar-refractivity contribution in [1.29, 1.82) is 0 Å². The Labute approximate surface area is 94.4 Å². The summed E-state index contributed by atoms with van der Waals surface area (Å²) in [5.74, 6) is -1.04. The number of halogens is 1. The zero-order chi connectivity index (χ0) is 12.1. The largest absolute Gasteiger partial charge is 0.469 e. The second-order valence-electron chi connectivity index (χ2n) is 3.62. The molecule has 2 unspecified atom stereocenters. The molecule has 0 bridgehead atoms. The van der Waals surface area contributed by atoms with Gasteiger partial charge in [0.1, 0.15) is 5.82 Å². The van der Waals surface area contributed by atoms with Crippen molar-refractivity contribution in [2.75, 3.05) is 7.11 Å². The van der Waals surface area contributed by atoms with Crippen molar-refractivity contribution in [2.45, 2.75) is 19.4 Å². The Balaban J connectivity index is 2.86. The molecular formula is C12H16FNO2. The van der Waals surface area contributed by atoms with Crippen molar-refractivity contribution >= 4 is 5.97 Å². The minimum atomic E-state index is -0.460. The topological polar surface area (TPSA) is 52.3 Å². The third kappa shape index (κ3) is 2.79. The standard InChI is InChI=1S/C12H16FNO2/c1-3-10(12(15)16-2)11(14)8-4-6-9(13)7-5-8/h4-7,10-11H,3,14H2,1-2H3. The fourth-order valence-electron chi connectivity index (χ4n) is 1.64. The van der Waals surface area contributed by atoms with E-state index in [-0.39, 0.29) is 11.8 Å². The zero-order valence-corrected chi connectivity index (χ0v) is 9.44. The highest BCUT2D eigenvalue weighted by molar-refractivity contribution is 5.73. The van der Waals surface area contributed by atoms with Crippen molar-refractivity contribution < 1.29 is 13.9 Å². The predicted octanol–water partition coefficient (Wildman–Crippen LogP) is 2.02. The first-order valence-corrected chi connectivity index (χ1v) is 5.19. The van der Waals surface area contributed by atoms with E-state index in [9.17, 15) is 9.18 Å². The van der Waals surface area contributed by atoms with Crippen LogP contribution >= 0.6 is 0 Å². The lowest BCUT2D eigenvalue weighted by atomic mass is 9.92. The lowest BCUT2D eigenvalue weighted by Crippen LogP contribution is -2.28. The highest BCUT2D eigenvalue weighted by Crippen LogP contribution is 2.23. The molecule has 0 fully saturated rings. The molecule has 4 heteroatoms. The Kier molecular flexibility index (Phi) is 4.43. The molecule has 0 radical (unpaired) electrons. The van der Waals surface area contributed by atoms with Gasteiger partial charge in [-0.1, -0.05) is 19.1 Å². The zero-order valence-electron chi connectivity index (χ0n) is 9.44. The summed E-state index contributed by atoms with van der Waals surface area (Å²) in [5.41, 5.74) is 6.69. The van der Waals surface area contributed by atoms with Crippen LogP contribution < -0.4 is 5.73 Å². The average molecular weight is 225 g/mol. The molecular weight excluding hydrogens is 209 g/mol. The maximum absolute atomic E-state index is 12.7. The molecule has 2 N–H and O–H groups in total. The number of benzene rings is 1. The number of carbonyl (C=O) groups excluding carboxylic acids is 1. The molecule has 0 aliphatic heterocycles. The van der Waals surface area contributed by atoms with Crippen LogP contribution in [0.2, 0.25) is 0 Å². The number of hydrogen-bond donors (Lipinski definition) is 1. The van der Waals surface area contributed by atoms with Crippen LogP contribution in [-0.4, -0.2) is 13.1 Å². The second-order valence-corrected chi connectivity index (χ2v) is 3.62. The minimum absolute atomic E-state index is 0.318. The highest BCUT2D eigenvalue weighted by Gasteiger charge is 2.25. The van der Waals surface area contributed by atoms with E-state index in [0.29, 0.717) is 6.42 Å². The van der Waals surface area contributed by atoms with Crippen molar-refractivity contribution in [3.8, 4) is 0 Å². The number of ether oxygens (including phenoxy) is 1. The molecule has 0 heterocycles. The molecule has 0 saturated carbocycles. The molecule has 88 valence electrons. The van der Waals surface area contributed by atoms with Crippen molar-refractivity contribution in [1.82, 2.24) is 0 Å². The van der Waals surface area contributed by atoms with Crippen LogP contribution in [0.15, 0.2) is 24.3 Å². The Bertz CT molecular complexity index is 351. The van der Waals surface area contributed by atoms with Gasteiger partial charge in [0.25, 0.3) is 0 Å². The van der Waals surface area contributed by atoms with Gasteiger partial charge in [0.2, 0.25) is 0 Å². The van der Waals surface area contributed by atoms with E-state index >= 15 is 0 Å². The lowest BCUT2D eigenvalue weighted by Gasteiger charge is -2.20. The van der Waals surface area contributed by atoms with Crippen LogP contribution in [0.1, 0.15) is 24.9 Å². The third-order valence-corrected chi connectivity index (χ3v) is 2.63. The van der Waals surface area contributed by atoms with Crippen LogP contribution in [0.5, 0.6) is 0 Å². The molecule has 2 atom stereocenters. The summed E-state index contributed by atoms with van der Waals surface area (Å²) in [6.07, 6.45) is 0.589. The average Bonchev–Trinajstić information content (AvgIpc) is 2.30. The lowest BCUT2D eigenvalue weighted by molar-refractivity contribution is -0.146. The quantitative estimate of drug-likeness (QED) is 0.797. The van der Waals surface area contributed by atoms with E-state index in [2.05, 4.69) is 4.74 Å². The first-order chi connectivity index (χ1) is 7.60. The summed E-state index contributed by atoms with van der Waals surface area (Å²) in [5, 5.41) is 0. The first kappa shape index (κ1) is 12.6. The first-order valence-electron chi connectivity index (χ1n) is 5.19. The SMILES string of the molecule is CCC(C(=O)OC)C(N)c1ccc(F)cc1. The fourth-order valence-corrected chi connectivity index (χ4v) is 1.64. The van der Waals surface area contributed by atoms with Crippen LogP contribution in [0.3, 0.4) is 0 Å². The monoisotopic (exact) mass is 225 g/mol. The van der Waals surface area contributed by atoms with Crippen LogP contribution in [-0.2, 0) is 9.53 Å². The normalized spacial score (nSPS) is 14.2. The molecule has 1 rings (SSSR count). The number of rotatable bonds is 4. The maximum Gasteiger partial charge on any atom is 0.310 e. The molecule has 1 aromatic rings. The Morgan fingerprint density at radius 3 is 2.44 bits per heavy atom. The van der Waals surface area contributed by atoms with E-state index in [4.69, 9.17) is 5.73 Å². The van der Waals surface area contributed by atoms with Gasteiger partial charge in [-0.25, -0.2) is 4.39 Å². The molecule has 0 aromatic heterocycles. The molecule has 3 nitrogen and oxygen atoms in total. The third-order valence-electron chi connectivity index (χ3n) is 2.63. The molecule has 0 aliphatic carbocycles. The smallest absolute Gasteiger partial charge is 0.310 e. The summed E-state index contributed by atoms with van der Waals surface area (Å²) in [6, 6.07) is 5.38. The van der Waals surface area contributed by atoms with E-state index in [1.807, 2.05) is 6.92 Å². The molecule has 0 spiro atoms. The summed E-state index contributed by atoms with van der Waals surface area (Å²) < 4.78 is 17.4. The van der Waals surface area contributed by atoms with Gasteiger partial charge in [0.05, 0.1) is 13.0 Å². The summed E-state index contributed by atoms with van der Waals surface area (Å²) in [7, 11) is 1.34. The van der Waals surface area contributed by atoms with Gasteiger partial charge in [-0.15, -0.1) is 0 Å². The van der Waals surface area contributed by atoms with Gasteiger partial charge in [0, 0.05) is 6.04 Å². The predicted molar refractivity (Wildman–Crippen MR) is 59.1 cm³/mol. The Morgan fingerprint density at radius 1 is 1.44 bits per heavy atom. The van der Waals surface area contributed by atoms with Gasteiger partial charge in [-0.2, -0.15) is 0 Å². The van der Waals surface area contributed by atoms with Crippen LogP contribution in [0, 0.1) is 11.7 Å². The van der Waals surface area contributed by atoms with Gasteiger partial charge in [-0.3, -0.25) is 4.79 Å². The van der Waals surface area contributed by atoms with Gasteiger partial charge >= 0.3 is 5.97 Å². The summed E-state index contributed by atoms with van der Waals surface area (Å²) >= 11 is 0. The molecule has 0 amide bonds. The van der Waals surface area contributed by atoms with Crippen LogP contribution in [0.4, 0.5) is 4.39 Å². The van der Waals surface area contributed by atoms with Crippen molar-refractivity contribution in [2.24, 2.45) is 11.7 Å². The number of nitrogens with two attached hydrogens (primary N) is 1. The van der Waals surface area contributed by atoms with Crippen molar-refractivity contribution in [3.05, 3.63) is 35.6 Å². The van der Waals surface area contributed by atoms with Gasteiger partial charge < -0.3 is 10.5 Å². The van der Waals surface area contributed by atoms with Gasteiger partial charge in [0.15, 0.2) is 0 Å².